The summed E-state index contributed by atoms with van der Waals surface area (Å²) in [5, 5.41) is 2.73. The first kappa shape index (κ1) is 13.3. The van der Waals surface area contributed by atoms with Crippen LogP contribution in [0, 0.1) is 0 Å². The summed E-state index contributed by atoms with van der Waals surface area (Å²) in [5.74, 6) is 0. The predicted molar refractivity (Wildman–Crippen MR) is 104 cm³/mol. The minimum absolute atomic E-state index is 1.27. The van der Waals surface area contributed by atoms with E-state index < -0.39 is 0 Å². The highest BCUT2D eigenvalue weighted by Gasteiger charge is 2.16. The second-order valence-corrected chi connectivity index (χ2v) is 6.22. The fraction of sp³-hybridized carbons (Fsp3) is 0. The van der Waals surface area contributed by atoms with Crippen LogP contribution in [0.2, 0.25) is 0 Å². The highest BCUT2D eigenvalue weighted by molar-refractivity contribution is 6.15. The summed E-state index contributed by atoms with van der Waals surface area (Å²) in [7, 11) is 0. The molecule has 4 aromatic rings. The molecule has 0 amide bonds. The number of benzene rings is 4. The first-order valence-electron chi connectivity index (χ1n) is 8.30. The van der Waals surface area contributed by atoms with Gasteiger partial charge in [-0.05, 0) is 44.2 Å². The molecular formula is C24H16. The Morgan fingerprint density at radius 1 is 0.375 bits per heavy atom. The first-order chi connectivity index (χ1) is 11.9. The summed E-state index contributed by atoms with van der Waals surface area (Å²) in [6, 6.07) is 30.4. The molecule has 0 unspecified atom stereocenters. The molecule has 112 valence electrons. The van der Waals surface area contributed by atoms with Crippen molar-refractivity contribution in [3.63, 3.8) is 0 Å². The van der Waals surface area contributed by atoms with Gasteiger partial charge in [-0.3, -0.25) is 0 Å². The topological polar surface area (TPSA) is 0 Å². The second-order valence-electron chi connectivity index (χ2n) is 6.22. The molecule has 0 radical (unpaired) electrons. The summed E-state index contributed by atoms with van der Waals surface area (Å²) in [6.45, 7) is 0. The molecule has 1 aliphatic rings. The van der Waals surface area contributed by atoms with Gasteiger partial charge in [0.2, 0.25) is 0 Å². The van der Waals surface area contributed by atoms with Crippen LogP contribution in [-0.2, 0) is 0 Å². The van der Waals surface area contributed by atoms with Crippen LogP contribution in [0.4, 0.5) is 0 Å². The second kappa shape index (κ2) is 5.21. The third kappa shape index (κ3) is 1.93. The van der Waals surface area contributed by atoms with Gasteiger partial charge >= 0.3 is 0 Å². The maximum Gasteiger partial charge on any atom is -0.00148 e. The Hall–Kier alpha value is -3.12. The quantitative estimate of drug-likeness (QED) is 0.342. The Labute approximate surface area is 141 Å². The van der Waals surface area contributed by atoms with Gasteiger partial charge in [0.15, 0.2) is 0 Å². The lowest BCUT2D eigenvalue weighted by molar-refractivity contribution is 1.62. The molecule has 0 atom stereocenters. The van der Waals surface area contributed by atoms with E-state index in [1.54, 1.807) is 0 Å². The smallest absolute Gasteiger partial charge is 0.00148 e. The van der Waals surface area contributed by atoms with Crippen LogP contribution in [-0.4, -0.2) is 0 Å². The summed E-state index contributed by atoms with van der Waals surface area (Å²) in [5.41, 5.74) is 7.78. The number of rotatable bonds is 2. The summed E-state index contributed by atoms with van der Waals surface area (Å²) in [4.78, 5) is 0. The largest absolute Gasteiger partial charge is 0.0622 e. The summed E-state index contributed by atoms with van der Waals surface area (Å²) < 4.78 is 0. The van der Waals surface area contributed by atoms with Crippen molar-refractivity contribution in [2.45, 2.75) is 0 Å². The molecule has 0 aliphatic heterocycles. The SMILES string of the molecule is C1=Cc2ccc(-c3ccccc3)c3c(-c4ccccc4)ccc1c23. The molecule has 0 heteroatoms. The molecule has 5 rings (SSSR count). The molecule has 24 heavy (non-hydrogen) atoms. The standard InChI is InChI=1S/C24H16/c1-3-7-17(8-4-1)21-15-13-19-11-12-20-14-16-22(24(21)23(19)20)18-9-5-2-6-10-18/h1-16H. The molecule has 0 nitrogen and oxygen atoms in total. The molecule has 0 saturated carbocycles. The highest BCUT2D eigenvalue weighted by Crippen LogP contribution is 2.42. The third-order valence-electron chi connectivity index (χ3n) is 4.84. The minimum atomic E-state index is 1.27. The minimum Gasteiger partial charge on any atom is -0.0622 e. The van der Waals surface area contributed by atoms with Crippen LogP contribution in [0.5, 0.6) is 0 Å². The van der Waals surface area contributed by atoms with E-state index in [4.69, 9.17) is 0 Å². The van der Waals surface area contributed by atoms with Crippen molar-refractivity contribution in [2.75, 3.05) is 0 Å². The van der Waals surface area contributed by atoms with Crippen LogP contribution in [0.15, 0.2) is 84.9 Å². The van der Waals surface area contributed by atoms with Gasteiger partial charge in [0, 0.05) is 0 Å². The molecule has 4 aromatic carbocycles. The molecule has 0 N–H and O–H groups in total. The lowest BCUT2D eigenvalue weighted by Gasteiger charge is -2.14. The van der Waals surface area contributed by atoms with Crippen molar-refractivity contribution in [2.24, 2.45) is 0 Å². The van der Waals surface area contributed by atoms with Gasteiger partial charge in [-0.25, -0.2) is 0 Å². The van der Waals surface area contributed by atoms with E-state index in [1.807, 2.05) is 0 Å². The van der Waals surface area contributed by atoms with E-state index in [-0.39, 0.29) is 0 Å². The van der Waals surface area contributed by atoms with Crippen LogP contribution in [0.25, 0.3) is 45.2 Å². The normalized spacial score (nSPS) is 12.0. The highest BCUT2D eigenvalue weighted by atomic mass is 14.2. The lowest BCUT2D eigenvalue weighted by atomic mass is 9.89. The van der Waals surface area contributed by atoms with E-state index in [1.165, 1.54) is 44.2 Å². The van der Waals surface area contributed by atoms with Crippen molar-refractivity contribution in [3.05, 3.63) is 96.1 Å². The number of hydrogen-bond donors (Lipinski definition) is 0. The van der Waals surface area contributed by atoms with Gasteiger partial charge in [-0.2, -0.15) is 0 Å². The fourth-order valence-corrected chi connectivity index (χ4v) is 3.72. The molecule has 0 saturated heterocycles. The average Bonchev–Trinajstić information content (AvgIpc) is 3.08. The van der Waals surface area contributed by atoms with E-state index in [0.29, 0.717) is 0 Å². The number of hydrogen-bond acceptors (Lipinski definition) is 0. The average molecular weight is 304 g/mol. The summed E-state index contributed by atoms with van der Waals surface area (Å²) >= 11 is 0. The van der Waals surface area contributed by atoms with Crippen molar-refractivity contribution < 1.29 is 0 Å². The molecule has 0 spiro atoms. The maximum absolute atomic E-state index is 2.26. The summed E-state index contributed by atoms with van der Waals surface area (Å²) in [6.07, 6.45) is 4.45. The molecule has 0 bridgehead atoms. The van der Waals surface area contributed by atoms with E-state index >= 15 is 0 Å². The molecular weight excluding hydrogens is 288 g/mol. The molecule has 0 heterocycles. The van der Waals surface area contributed by atoms with Crippen LogP contribution in [0.3, 0.4) is 0 Å². The first-order valence-corrected chi connectivity index (χ1v) is 8.30. The van der Waals surface area contributed by atoms with Gasteiger partial charge in [-0.15, -0.1) is 0 Å². The van der Waals surface area contributed by atoms with Crippen LogP contribution < -0.4 is 0 Å². The van der Waals surface area contributed by atoms with E-state index in [0.717, 1.165) is 0 Å². The van der Waals surface area contributed by atoms with Crippen LogP contribution in [0.1, 0.15) is 11.1 Å². The predicted octanol–water partition coefficient (Wildman–Crippen LogP) is 6.66. The van der Waals surface area contributed by atoms with Crippen molar-refractivity contribution in [1.82, 2.24) is 0 Å². The Morgan fingerprint density at radius 2 is 0.833 bits per heavy atom. The van der Waals surface area contributed by atoms with Crippen molar-refractivity contribution in [3.8, 4) is 22.3 Å². The monoisotopic (exact) mass is 304 g/mol. The zero-order chi connectivity index (χ0) is 15.9. The molecule has 0 fully saturated rings. The van der Waals surface area contributed by atoms with Crippen molar-refractivity contribution in [1.29, 1.82) is 0 Å². The Kier molecular flexibility index (Phi) is 2.89. The fourth-order valence-electron chi connectivity index (χ4n) is 3.72. The molecule has 1 aliphatic carbocycles. The Balaban J connectivity index is 1.93. The molecule has 0 aromatic heterocycles. The van der Waals surface area contributed by atoms with Gasteiger partial charge in [0.1, 0.15) is 0 Å². The third-order valence-corrected chi connectivity index (χ3v) is 4.84. The van der Waals surface area contributed by atoms with Crippen LogP contribution >= 0.6 is 0 Å². The lowest BCUT2D eigenvalue weighted by Crippen LogP contribution is -1.89. The Bertz CT molecular complexity index is 987. The van der Waals surface area contributed by atoms with E-state index in [2.05, 4.69) is 97.1 Å². The zero-order valence-electron chi connectivity index (χ0n) is 13.2. The van der Waals surface area contributed by atoms with Gasteiger partial charge in [0.05, 0.1) is 0 Å². The van der Waals surface area contributed by atoms with Crippen molar-refractivity contribution >= 4 is 22.9 Å². The maximum atomic E-state index is 2.26. The van der Waals surface area contributed by atoms with Gasteiger partial charge in [-0.1, -0.05) is 97.1 Å². The van der Waals surface area contributed by atoms with Gasteiger partial charge in [0.25, 0.3) is 0 Å². The Morgan fingerprint density at radius 3 is 1.29 bits per heavy atom. The zero-order valence-corrected chi connectivity index (χ0v) is 13.2. The van der Waals surface area contributed by atoms with E-state index in [9.17, 15) is 0 Å². The van der Waals surface area contributed by atoms with Gasteiger partial charge < -0.3 is 0 Å².